The molecule has 0 saturated carbocycles. The van der Waals surface area contributed by atoms with Gasteiger partial charge in [-0.2, -0.15) is 0 Å². The molecule has 0 aromatic heterocycles. The molecule has 10 heteroatoms. The maximum absolute atomic E-state index is 13.8. The van der Waals surface area contributed by atoms with Gasteiger partial charge < -0.3 is 24.4 Å². The number of carbonyl (C=O) groups is 3. The third kappa shape index (κ3) is 8.60. The molecule has 8 nitrogen and oxygen atoms in total. The third-order valence-electron chi connectivity index (χ3n) is 7.01. The van der Waals surface area contributed by atoms with Crippen LogP contribution >= 0.6 is 23.2 Å². The van der Waals surface area contributed by atoms with Crippen molar-refractivity contribution < 1.29 is 29.0 Å². The van der Waals surface area contributed by atoms with Gasteiger partial charge in [0.1, 0.15) is 11.9 Å². The Balaban J connectivity index is 1.85. The predicted molar refractivity (Wildman–Crippen MR) is 160 cm³/mol. The van der Waals surface area contributed by atoms with Crippen molar-refractivity contribution in [2.45, 2.75) is 59.5 Å². The van der Waals surface area contributed by atoms with Crippen LogP contribution < -0.4 is 9.64 Å². The largest absolute Gasteiger partial charge is 0.496 e. The van der Waals surface area contributed by atoms with Crippen molar-refractivity contribution in [1.82, 2.24) is 4.90 Å². The number of aliphatic hydroxyl groups excluding tert-OH is 1. The Kier molecular flexibility index (Phi) is 11.5. The van der Waals surface area contributed by atoms with Gasteiger partial charge in [0.2, 0.25) is 11.8 Å². The van der Waals surface area contributed by atoms with Crippen LogP contribution in [0.2, 0.25) is 10.0 Å². The second-order valence-corrected chi connectivity index (χ2v) is 12.3. The van der Waals surface area contributed by atoms with Gasteiger partial charge in [-0.15, -0.1) is 0 Å². The van der Waals surface area contributed by atoms with Gasteiger partial charge >= 0.3 is 5.97 Å². The van der Waals surface area contributed by atoms with Crippen molar-refractivity contribution in [2.75, 3.05) is 38.3 Å². The van der Waals surface area contributed by atoms with Crippen molar-refractivity contribution in [3.8, 4) is 5.75 Å². The van der Waals surface area contributed by atoms with E-state index in [0.29, 0.717) is 60.1 Å². The monoisotopic (exact) mass is 606 g/mol. The molecule has 0 unspecified atom stereocenters. The summed E-state index contributed by atoms with van der Waals surface area (Å²) in [6.07, 6.45) is -0.136. The fourth-order valence-electron chi connectivity index (χ4n) is 5.04. The highest BCUT2D eigenvalue weighted by atomic mass is 35.5. The molecular formula is C31H40Cl2N2O6. The first-order chi connectivity index (χ1) is 19.4. The highest BCUT2D eigenvalue weighted by Gasteiger charge is 2.32. The van der Waals surface area contributed by atoms with Crippen LogP contribution in [0.4, 0.5) is 5.69 Å². The zero-order valence-electron chi connectivity index (χ0n) is 24.4. The zero-order chi connectivity index (χ0) is 30.3. The second-order valence-electron chi connectivity index (χ2n) is 11.4. The lowest BCUT2D eigenvalue weighted by atomic mass is 9.93. The Hall–Kier alpha value is -2.81. The molecule has 1 aliphatic rings. The van der Waals surface area contributed by atoms with Crippen LogP contribution in [0.3, 0.4) is 0 Å². The van der Waals surface area contributed by atoms with Gasteiger partial charge in [-0.25, -0.2) is 0 Å². The van der Waals surface area contributed by atoms with Gasteiger partial charge in [-0.05, 0) is 43.4 Å². The van der Waals surface area contributed by atoms with Crippen molar-refractivity contribution in [2.24, 2.45) is 11.3 Å². The summed E-state index contributed by atoms with van der Waals surface area (Å²) in [4.78, 5) is 42.1. The molecule has 3 rings (SSSR count). The van der Waals surface area contributed by atoms with E-state index in [1.54, 1.807) is 53.1 Å². The number of esters is 1. The molecule has 0 aliphatic carbocycles. The quantitative estimate of drug-likeness (QED) is 0.331. The number of carbonyl (C=O) groups excluding carboxylic acids is 3. The summed E-state index contributed by atoms with van der Waals surface area (Å²) in [5.41, 5.74) is 0.873. The number of hydrogen-bond donors (Lipinski definition) is 1. The molecule has 2 aromatic carbocycles. The van der Waals surface area contributed by atoms with Crippen LogP contribution in [0.15, 0.2) is 36.4 Å². The number of hydrogen-bond acceptors (Lipinski definition) is 6. The summed E-state index contributed by atoms with van der Waals surface area (Å²) in [7, 11) is 1.52. The normalized spacial score (nSPS) is 14.9. The van der Waals surface area contributed by atoms with Crippen molar-refractivity contribution in [1.29, 1.82) is 0 Å². The fourth-order valence-corrected chi connectivity index (χ4v) is 5.65. The molecule has 0 spiro atoms. The summed E-state index contributed by atoms with van der Waals surface area (Å²) in [5, 5.41) is 12.0. The molecule has 1 atom stereocenters. The SMILES string of the molecule is CCOC(=O)C1CCN(C(=O)CCC(=O)N(CC(C)(C)C)c2c(Cl)cc(Cl)cc2[C@@H](O)c2ccccc2OC)CC1. The molecule has 0 radical (unpaired) electrons. The second kappa shape index (κ2) is 14.4. The molecule has 224 valence electrons. The first-order valence-corrected chi connectivity index (χ1v) is 14.7. The smallest absolute Gasteiger partial charge is 0.309 e. The topological polar surface area (TPSA) is 96.4 Å². The number of benzene rings is 2. The molecular weight excluding hydrogens is 567 g/mol. The van der Waals surface area contributed by atoms with E-state index in [1.807, 2.05) is 20.8 Å². The van der Waals surface area contributed by atoms with Crippen molar-refractivity contribution in [3.05, 3.63) is 57.6 Å². The van der Waals surface area contributed by atoms with E-state index in [4.69, 9.17) is 32.7 Å². The van der Waals surface area contributed by atoms with Crippen LogP contribution in [-0.2, 0) is 19.1 Å². The number of amides is 2. The zero-order valence-corrected chi connectivity index (χ0v) is 25.9. The van der Waals surface area contributed by atoms with E-state index in [1.165, 1.54) is 7.11 Å². The molecule has 2 amide bonds. The predicted octanol–water partition coefficient (Wildman–Crippen LogP) is 6.04. The van der Waals surface area contributed by atoms with E-state index in [0.717, 1.165) is 0 Å². The minimum absolute atomic E-state index is 0.0130. The molecule has 1 fully saturated rings. The molecule has 1 N–H and O–H groups in total. The van der Waals surface area contributed by atoms with Gasteiger partial charge in [-0.3, -0.25) is 14.4 Å². The number of likely N-dealkylation sites (tertiary alicyclic amines) is 1. The number of halogens is 2. The number of aliphatic hydroxyl groups is 1. The lowest BCUT2D eigenvalue weighted by molar-refractivity contribution is -0.151. The minimum atomic E-state index is -1.19. The van der Waals surface area contributed by atoms with E-state index in [9.17, 15) is 19.5 Å². The van der Waals surface area contributed by atoms with Gasteiger partial charge in [0.25, 0.3) is 0 Å². The summed E-state index contributed by atoms with van der Waals surface area (Å²) < 4.78 is 10.6. The average Bonchev–Trinajstić information content (AvgIpc) is 2.93. The summed E-state index contributed by atoms with van der Waals surface area (Å²) >= 11 is 13.1. The van der Waals surface area contributed by atoms with Crippen LogP contribution in [0.5, 0.6) is 5.75 Å². The Morgan fingerprint density at radius 1 is 1.07 bits per heavy atom. The molecule has 1 saturated heterocycles. The lowest BCUT2D eigenvalue weighted by Crippen LogP contribution is -2.42. The maximum Gasteiger partial charge on any atom is 0.309 e. The lowest BCUT2D eigenvalue weighted by Gasteiger charge is -2.34. The maximum atomic E-state index is 13.8. The number of para-hydroxylation sites is 1. The highest BCUT2D eigenvalue weighted by molar-refractivity contribution is 6.37. The van der Waals surface area contributed by atoms with E-state index in [2.05, 4.69) is 0 Å². The van der Waals surface area contributed by atoms with Crippen molar-refractivity contribution in [3.63, 3.8) is 0 Å². The number of rotatable bonds is 10. The Morgan fingerprint density at radius 2 is 1.73 bits per heavy atom. The molecule has 0 bridgehead atoms. The van der Waals surface area contributed by atoms with Crippen LogP contribution in [-0.4, -0.2) is 61.1 Å². The number of nitrogens with zero attached hydrogens (tertiary/aromatic N) is 2. The number of ether oxygens (including phenoxy) is 2. The number of methoxy groups -OCH3 is 1. The van der Waals surface area contributed by atoms with Gasteiger partial charge in [0.05, 0.1) is 30.3 Å². The van der Waals surface area contributed by atoms with Crippen molar-refractivity contribution >= 4 is 46.7 Å². The Morgan fingerprint density at radius 3 is 2.34 bits per heavy atom. The van der Waals surface area contributed by atoms with Gasteiger partial charge in [-0.1, -0.05) is 62.2 Å². The van der Waals surface area contributed by atoms with Crippen LogP contribution in [0, 0.1) is 11.3 Å². The van der Waals surface area contributed by atoms with Crippen LogP contribution in [0.1, 0.15) is 70.6 Å². The molecule has 41 heavy (non-hydrogen) atoms. The van der Waals surface area contributed by atoms with E-state index >= 15 is 0 Å². The van der Waals surface area contributed by atoms with Gasteiger partial charge in [0, 0.05) is 48.6 Å². The highest BCUT2D eigenvalue weighted by Crippen LogP contribution is 2.42. The number of piperidine rings is 1. The summed E-state index contributed by atoms with van der Waals surface area (Å²) in [5.74, 6) is -0.394. The fraction of sp³-hybridized carbons (Fsp3) is 0.516. The first kappa shape index (κ1) is 32.7. The first-order valence-electron chi connectivity index (χ1n) is 13.9. The Labute approximate surface area is 252 Å². The number of anilines is 1. The van der Waals surface area contributed by atoms with Gasteiger partial charge in [0.15, 0.2) is 0 Å². The minimum Gasteiger partial charge on any atom is -0.496 e. The molecule has 1 aliphatic heterocycles. The molecule has 2 aromatic rings. The van der Waals surface area contributed by atoms with Crippen LogP contribution in [0.25, 0.3) is 0 Å². The Bertz CT molecular complexity index is 1240. The van der Waals surface area contributed by atoms with E-state index in [-0.39, 0.29) is 53.5 Å². The summed E-state index contributed by atoms with van der Waals surface area (Å²) in [6.45, 7) is 9.26. The average molecular weight is 608 g/mol. The third-order valence-corrected chi connectivity index (χ3v) is 7.52. The standard InChI is InChI=1S/C31H40Cl2N2O6/c1-6-41-30(39)20-13-15-34(16-14-20)26(36)11-12-27(37)35(19-31(2,3)4)28-23(17-21(32)18-24(28)33)29(38)22-9-7-8-10-25(22)40-5/h7-10,17-18,20,29,38H,6,11-16,19H2,1-5H3/t29-/m0/s1. The van der Waals surface area contributed by atoms with E-state index < -0.39 is 6.10 Å². The summed E-state index contributed by atoms with van der Waals surface area (Å²) in [6, 6.07) is 10.2. The molecule has 1 heterocycles.